The number of benzene rings is 2. The van der Waals surface area contributed by atoms with Crippen LogP contribution in [-0.4, -0.2) is 49.1 Å². The number of thiazole rings is 1. The Kier molecular flexibility index (Phi) is 5.95. The summed E-state index contributed by atoms with van der Waals surface area (Å²) in [6, 6.07) is 15.6. The Labute approximate surface area is 174 Å². The molecular weight excluding hydrogens is 386 g/mol. The molecule has 0 unspecified atom stereocenters. The fraction of sp³-hybridized carbons (Fsp3) is 0.273. The van der Waals surface area contributed by atoms with Gasteiger partial charge < -0.3 is 19.3 Å². The molecule has 6 nitrogen and oxygen atoms in total. The van der Waals surface area contributed by atoms with E-state index in [4.69, 9.17) is 9.47 Å². The summed E-state index contributed by atoms with van der Waals surface area (Å²) in [5, 5.41) is 1.94. The fourth-order valence-corrected chi connectivity index (χ4v) is 3.91. The van der Waals surface area contributed by atoms with E-state index in [0.717, 1.165) is 18.8 Å². The van der Waals surface area contributed by atoms with Gasteiger partial charge >= 0.3 is 0 Å². The summed E-state index contributed by atoms with van der Waals surface area (Å²) in [6.07, 6.45) is 0. The normalized spacial score (nSPS) is 14.0. The van der Waals surface area contributed by atoms with E-state index in [1.165, 1.54) is 17.0 Å². The zero-order chi connectivity index (χ0) is 20.1. The highest BCUT2D eigenvalue weighted by atomic mass is 32.1. The van der Waals surface area contributed by atoms with Gasteiger partial charge in [0.05, 0.1) is 18.3 Å². The number of carbonyl (C=O) groups is 1. The number of aromatic nitrogens is 1. The predicted octanol–water partition coefficient (Wildman–Crippen LogP) is 3.69. The van der Waals surface area contributed by atoms with Crippen molar-refractivity contribution in [3.63, 3.8) is 0 Å². The van der Waals surface area contributed by atoms with Crippen LogP contribution in [0.3, 0.4) is 0 Å². The number of rotatable bonds is 6. The molecule has 4 rings (SSSR count). The lowest BCUT2D eigenvalue weighted by atomic mass is 10.1. The van der Waals surface area contributed by atoms with Crippen LogP contribution >= 0.6 is 11.3 Å². The monoisotopic (exact) mass is 409 g/mol. The summed E-state index contributed by atoms with van der Waals surface area (Å²) < 4.78 is 11.2. The molecule has 0 spiro atoms. The Hall–Kier alpha value is -3.06. The van der Waals surface area contributed by atoms with Crippen LogP contribution in [-0.2, 0) is 6.61 Å². The molecule has 0 atom stereocenters. The van der Waals surface area contributed by atoms with Gasteiger partial charge in [-0.05, 0) is 30.3 Å². The fourth-order valence-electron chi connectivity index (χ4n) is 3.37. The van der Waals surface area contributed by atoms with Gasteiger partial charge in [-0.25, -0.2) is 4.98 Å². The van der Waals surface area contributed by atoms with Gasteiger partial charge in [0.25, 0.3) is 5.91 Å². The molecule has 1 aliphatic heterocycles. The van der Waals surface area contributed by atoms with E-state index in [2.05, 4.69) is 22.0 Å². The molecule has 1 saturated heterocycles. The highest BCUT2D eigenvalue weighted by molar-refractivity contribution is 7.07. The van der Waals surface area contributed by atoms with E-state index in [1.54, 1.807) is 30.8 Å². The van der Waals surface area contributed by atoms with E-state index in [0.29, 0.717) is 36.8 Å². The van der Waals surface area contributed by atoms with Crippen molar-refractivity contribution in [2.75, 3.05) is 38.2 Å². The summed E-state index contributed by atoms with van der Waals surface area (Å²) in [6.45, 7) is 3.40. The van der Waals surface area contributed by atoms with Crippen LogP contribution in [0.1, 0.15) is 16.1 Å². The first-order valence-electron chi connectivity index (χ1n) is 9.52. The van der Waals surface area contributed by atoms with Gasteiger partial charge in [0.15, 0.2) is 11.5 Å². The van der Waals surface area contributed by atoms with Crippen molar-refractivity contribution < 1.29 is 14.3 Å². The summed E-state index contributed by atoms with van der Waals surface area (Å²) in [7, 11) is 1.58. The molecule has 1 aliphatic rings. The average Bonchev–Trinajstić information content (AvgIpc) is 3.31. The van der Waals surface area contributed by atoms with Crippen LogP contribution in [0.4, 0.5) is 5.69 Å². The Balaban J connectivity index is 1.39. The molecular formula is C22H23N3O3S. The second kappa shape index (κ2) is 8.96. The number of para-hydroxylation sites is 1. The number of anilines is 1. The number of hydrogen-bond acceptors (Lipinski definition) is 6. The number of hydrogen-bond donors (Lipinski definition) is 0. The van der Waals surface area contributed by atoms with Crippen LogP contribution in [0.15, 0.2) is 59.4 Å². The summed E-state index contributed by atoms with van der Waals surface area (Å²) >= 11 is 1.53. The van der Waals surface area contributed by atoms with E-state index in [-0.39, 0.29) is 5.91 Å². The predicted molar refractivity (Wildman–Crippen MR) is 114 cm³/mol. The van der Waals surface area contributed by atoms with Gasteiger partial charge in [-0.15, -0.1) is 11.3 Å². The van der Waals surface area contributed by atoms with Crippen molar-refractivity contribution in [2.24, 2.45) is 0 Å². The number of methoxy groups -OCH3 is 1. The molecule has 29 heavy (non-hydrogen) atoms. The second-order valence-corrected chi connectivity index (χ2v) is 7.47. The zero-order valence-electron chi connectivity index (χ0n) is 16.3. The van der Waals surface area contributed by atoms with Gasteiger partial charge in [0.1, 0.15) is 6.61 Å². The highest BCUT2D eigenvalue weighted by Crippen LogP contribution is 2.29. The van der Waals surface area contributed by atoms with Crippen LogP contribution in [0, 0.1) is 0 Å². The van der Waals surface area contributed by atoms with E-state index >= 15 is 0 Å². The quantitative estimate of drug-likeness (QED) is 0.622. The van der Waals surface area contributed by atoms with Gasteiger partial charge in [-0.2, -0.15) is 0 Å². The van der Waals surface area contributed by atoms with Crippen molar-refractivity contribution in [1.82, 2.24) is 9.88 Å². The molecule has 2 aromatic carbocycles. The van der Waals surface area contributed by atoms with Crippen molar-refractivity contribution in [2.45, 2.75) is 6.61 Å². The third-order valence-electron chi connectivity index (χ3n) is 4.96. The molecule has 1 fully saturated rings. The summed E-state index contributed by atoms with van der Waals surface area (Å²) in [5.41, 5.74) is 4.45. The van der Waals surface area contributed by atoms with E-state index < -0.39 is 0 Å². The lowest BCUT2D eigenvalue weighted by Gasteiger charge is -2.36. The maximum absolute atomic E-state index is 13.0. The first kappa shape index (κ1) is 19.3. The molecule has 1 amide bonds. The van der Waals surface area contributed by atoms with Crippen molar-refractivity contribution in [3.8, 4) is 11.5 Å². The van der Waals surface area contributed by atoms with Crippen LogP contribution in [0.5, 0.6) is 11.5 Å². The smallest absolute Gasteiger partial charge is 0.254 e. The van der Waals surface area contributed by atoms with Crippen molar-refractivity contribution >= 4 is 22.9 Å². The van der Waals surface area contributed by atoms with Crippen LogP contribution in [0.2, 0.25) is 0 Å². The molecule has 0 aliphatic carbocycles. The minimum atomic E-state index is 0.0158. The SMILES string of the molecule is COc1cc(C(=O)N2CCN(c3ccccc3)CC2)ccc1OCc1cscn1. The molecule has 3 aromatic rings. The summed E-state index contributed by atoms with van der Waals surface area (Å²) in [5.74, 6) is 1.17. The Morgan fingerprint density at radius 2 is 1.86 bits per heavy atom. The molecule has 7 heteroatoms. The number of nitrogens with zero attached hydrogens (tertiary/aromatic N) is 3. The Morgan fingerprint density at radius 3 is 2.55 bits per heavy atom. The lowest BCUT2D eigenvalue weighted by molar-refractivity contribution is 0.0746. The Bertz CT molecular complexity index is 939. The molecule has 2 heterocycles. The van der Waals surface area contributed by atoms with E-state index in [1.807, 2.05) is 28.5 Å². The Morgan fingerprint density at radius 1 is 1.07 bits per heavy atom. The highest BCUT2D eigenvalue weighted by Gasteiger charge is 2.23. The largest absolute Gasteiger partial charge is 0.493 e. The number of piperazine rings is 1. The van der Waals surface area contributed by atoms with Gasteiger partial charge in [-0.3, -0.25) is 4.79 Å². The van der Waals surface area contributed by atoms with Gasteiger partial charge in [0, 0.05) is 42.8 Å². The maximum atomic E-state index is 13.0. The average molecular weight is 410 g/mol. The second-order valence-electron chi connectivity index (χ2n) is 6.75. The van der Waals surface area contributed by atoms with Crippen molar-refractivity contribution in [3.05, 3.63) is 70.7 Å². The molecule has 0 radical (unpaired) electrons. The number of carbonyl (C=O) groups excluding carboxylic acids is 1. The van der Waals surface area contributed by atoms with Crippen LogP contribution in [0.25, 0.3) is 0 Å². The molecule has 1 aromatic heterocycles. The van der Waals surface area contributed by atoms with Crippen molar-refractivity contribution in [1.29, 1.82) is 0 Å². The molecule has 0 bridgehead atoms. The third kappa shape index (κ3) is 4.51. The number of ether oxygens (including phenoxy) is 2. The van der Waals surface area contributed by atoms with E-state index in [9.17, 15) is 4.79 Å². The first-order chi connectivity index (χ1) is 14.2. The van der Waals surface area contributed by atoms with Crippen LogP contribution < -0.4 is 14.4 Å². The van der Waals surface area contributed by atoms with Gasteiger partial charge in [-0.1, -0.05) is 18.2 Å². The zero-order valence-corrected chi connectivity index (χ0v) is 17.1. The van der Waals surface area contributed by atoms with Gasteiger partial charge in [0.2, 0.25) is 0 Å². The topological polar surface area (TPSA) is 54.9 Å². The third-order valence-corrected chi connectivity index (χ3v) is 5.59. The minimum absolute atomic E-state index is 0.0158. The molecule has 0 saturated carbocycles. The first-order valence-corrected chi connectivity index (χ1v) is 10.5. The minimum Gasteiger partial charge on any atom is -0.493 e. The number of amides is 1. The maximum Gasteiger partial charge on any atom is 0.254 e. The lowest BCUT2D eigenvalue weighted by Crippen LogP contribution is -2.48. The standard InChI is InChI=1S/C22H23N3O3S/c1-27-21-13-17(7-8-20(21)28-14-18-15-29-16-23-18)22(26)25-11-9-24(10-12-25)19-5-3-2-4-6-19/h2-8,13,15-16H,9-12,14H2,1H3. The molecule has 0 N–H and O–H groups in total. The summed E-state index contributed by atoms with van der Waals surface area (Å²) in [4.78, 5) is 21.4. The molecule has 150 valence electrons.